The van der Waals surface area contributed by atoms with Gasteiger partial charge in [-0.2, -0.15) is 0 Å². The van der Waals surface area contributed by atoms with Crippen molar-refractivity contribution in [2.24, 2.45) is 23.2 Å². The summed E-state index contributed by atoms with van der Waals surface area (Å²) >= 11 is 0. The highest BCUT2D eigenvalue weighted by Crippen LogP contribution is 2.55. The van der Waals surface area contributed by atoms with E-state index in [1.54, 1.807) is 0 Å². The third-order valence-corrected chi connectivity index (χ3v) is 8.92. The molecule has 4 aliphatic rings. The molecule has 3 fully saturated rings. The highest BCUT2D eigenvalue weighted by Gasteiger charge is 2.60. The fourth-order valence-corrected chi connectivity index (χ4v) is 6.72. The van der Waals surface area contributed by atoms with Gasteiger partial charge in [0.05, 0.1) is 38.8 Å². The third kappa shape index (κ3) is 3.50. The summed E-state index contributed by atoms with van der Waals surface area (Å²) in [7, 11) is 0. The Morgan fingerprint density at radius 3 is 2.81 bits per heavy atom. The first-order valence-electron chi connectivity index (χ1n) is 12.1. The number of quaternary nitrogens is 1. The number of anilines is 1. The molecular formula is C26H37N2O3+. The molecule has 0 unspecified atom stereocenters. The van der Waals surface area contributed by atoms with Crippen molar-refractivity contribution in [3.05, 3.63) is 41.5 Å². The van der Waals surface area contributed by atoms with Gasteiger partial charge in [-0.3, -0.25) is 4.79 Å². The third-order valence-electron chi connectivity index (χ3n) is 8.92. The lowest BCUT2D eigenvalue weighted by Gasteiger charge is -2.51. The average Bonchev–Trinajstić information content (AvgIpc) is 3.06. The van der Waals surface area contributed by atoms with E-state index in [2.05, 4.69) is 56.0 Å². The van der Waals surface area contributed by atoms with E-state index in [1.807, 2.05) is 0 Å². The number of nitrogens with one attached hydrogen (secondary N) is 1. The predicted molar refractivity (Wildman–Crippen MR) is 121 cm³/mol. The molecule has 2 aliphatic carbocycles. The fourth-order valence-electron chi connectivity index (χ4n) is 6.72. The van der Waals surface area contributed by atoms with Crippen LogP contribution in [-0.2, 0) is 9.53 Å². The summed E-state index contributed by atoms with van der Waals surface area (Å²) in [4.78, 5) is 16.8. The zero-order valence-corrected chi connectivity index (χ0v) is 19.1. The summed E-state index contributed by atoms with van der Waals surface area (Å²) in [6.45, 7) is 11.4. The van der Waals surface area contributed by atoms with E-state index in [-0.39, 0.29) is 29.3 Å². The van der Waals surface area contributed by atoms with E-state index in [1.165, 1.54) is 21.7 Å². The average molecular weight is 426 g/mol. The normalized spacial score (nSPS) is 38.3. The number of esters is 1. The van der Waals surface area contributed by atoms with Crippen LogP contribution in [0.4, 0.5) is 5.69 Å². The number of aryl methyl sites for hydroxylation is 1. The second-order valence-corrected chi connectivity index (χ2v) is 10.6. The summed E-state index contributed by atoms with van der Waals surface area (Å²) in [5, 5.41) is 11.5. The van der Waals surface area contributed by atoms with Crippen LogP contribution < -0.4 is 9.80 Å². The first kappa shape index (κ1) is 21.0. The highest BCUT2D eigenvalue weighted by atomic mass is 16.6. The van der Waals surface area contributed by atoms with Gasteiger partial charge in [0.2, 0.25) is 0 Å². The molecule has 168 valence electrons. The summed E-state index contributed by atoms with van der Waals surface area (Å²) in [5.74, 6) is 0.0914. The van der Waals surface area contributed by atoms with Gasteiger partial charge in [0, 0.05) is 23.4 Å². The van der Waals surface area contributed by atoms with Crippen LogP contribution in [-0.4, -0.2) is 56.0 Å². The molecule has 0 spiro atoms. The van der Waals surface area contributed by atoms with Gasteiger partial charge in [-0.05, 0) is 43.4 Å². The van der Waals surface area contributed by atoms with Crippen molar-refractivity contribution in [1.29, 1.82) is 0 Å². The van der Waals surface area contributed by atoms with Crippen molar-refractivity contribution < 1.29 is 19.5 Å². The molecule has 1 aromatic rings. The molecule has 5 rings (SSSR count). The zero-order chi connectivity index (χ0) is 21.8. The van der Waals surface area contributed by atoms with Crippen molar-refractivity contribution >= 4 is 11.7 Å². The number of carbonyl (C=O) groups excluding carboxylic acids is 1. The Kier molecular flexibility index (Phi) is 5.38. The number of benzene rings is 1. The molecular weight excluding hydrogens is 388 g/mol. The quantitative estimate of drug-likeness (QED) is 0.575. The van der Waals surface area contributed by atoms with E-state index >= 15 is 0 Å². The van der Waals surface area contributed by atoms with Crippen molar-refractivity contribution in [1.82, 2.24) is 0 Å². The van der Waals surface area contributed by atoms with Crippen LogP contribution in [0.25, 0.3) is 0 Å². The zero-order valence-electron chi connectivity index (χ0n) is 19.1. The summed E-state index contributed by atoms with van der Waals surface area (Å²) in [6, 6.07) is 8.70. The van der Waals surface area contributed by atoms with Crippen LogP contribution >= 0.6 is 0 Å². The van der Waals surface area contributed by atoms with Gasteiger partial charge >= 0.3 is 5.97 Å². The van der Waals surface area contributed by atoms with E-state index in [0.29, 0.717) is 5.92 Å². The molecule has 2 aliphatic heterocycles. The number of allylic oxidation sites excluding steroid dienone is 1. The van der Waals surface area contributed by atoms with Crippen LogP contribution in [0.3, 0.4) is 0 Å². The van der Waals surface area contributed by atoms with Crippen molar-refractivity contribution in [2.75, 3.05) is 37.6 Å². The van der Waals surface area contributed by atoms with Crippen LogP contribution in [0.15, 0.2) is 35.9 Å². The molecule has 6 atom stereocenters. The first-order valence-corrected chi connectivity index (χ1v) is 12.1. The Labute approximate surface area is 186 Å². The maximum atomic E-state index is 12.9. The first-order chi connectivity index (χ1) is 14.9. The van der Waals surface area contributed by atoms with E-state index in [4.69, 9.17) is 4.74 Å². The topological polar surface area (TPSA) is 54.2 Å². The lowest BCUT2D eigenvalue weighted by atomic mass is 9.55. The van der Waals surface area contributed by atoms with E-state index < -0.39 is 6.10 Å². The summed E-state index contributed by atoms with van der Waals surface area (Å²) in [5.41, 5.74) is 3.68. The van der Waals surface area contributed by atoms with Gasteiger partial charge in [0.25, 0.3) is 0 Å². The largest absolute Gasteiger partial charge is 0.461 e. The molecule has 2 N–H and O–H groups in total. The minimum Gasteiger partial charge on any atom is -0.461 e. The van der Waals surface area contributed by atoms with Crippen molar-refractivity contribution in [3.8, 4) is 0 Å². The number of aliphatic hydroxyl groups excluding tert-OH is 1. The molecule has 5 heteroatoms. The Bertz CT molecular complexity index is 875. The standard InChI is InChI=1S/C26H36N2O3/c1-17-6-4-9-20(14-17)28-12-10-27(11-13-28)16-21-23-22(31-25(21)30)15-19-8-5-7-18(2)26(19,3)24(23)29/h4,6,8-9,14,18,21-24,29H,5,7,10-13,15-16H2,1-3H3/p+1/t18-,21+,22+,23-,24+,26+/m1/s1. The summed E-state index contributed by atoms with van der Waals surface area (Å²) < 4.78 is 5.86. The number of hydrogen-bond donors (Lipinski definition) is 2. The molecule has 0 aromatic heterocycles. The van der Waals surface area contributed by atoms with Gasteiger partial charge in [-0.15, -0.1) is 0 Å². The Balaban J connectivity index is 1.28. The van der Waals surface area contributed by atoms with Gasteiger partial charge in [0.15, 0.2) is 0 Å². The maximum Gasteiger partial charge on any atom is 0.315 e. The second-order valence-electron chi connectivity index (χ2n) is 10.6. The van der Waals surface area contributed by atoms with Crippen molar-refractivity contribution in [3.63, 3.8) is 0 Å². The number of aliphatic hydroxyl groups is 1. The number of piperazine rings is 1. The van der Waals surface area contributed by atoms with Gasteiger partial charge in [0.1, 0.15) is 12.0 Å². The van der Waals surface area contributed by atoms with Gasteiger partial charge in [-0.25, -0.2) is 0 Å². The number of fused-ring (bicyclic) bond motifs is 2. The minimum absolute atomic E-state index is 0.0718. The number of carbonyl (C=O) groups is 1. The number of hydrogen-bond acceptors (Lipinski definition) is 4. The van der Waals surface area contributed by atoms with Gasteiger partial charge in [-0.1, -0.05) is 37.6 Å². The minimum atomic E-state index is -0.503. The maximum absolute atomic E-state index is 12.9. The SMILES string of the molecule is Cc1cccc(N2CC[NH+](C[C@@H]3C(=O)O[C@H]4CC5=CCC[C@@H](C)[C@]5(C)[C@@H](O)[C@@H]43)CC2)c1. The molecule has 2 heterocycles. The van der Waals surface area contributed by atoms with E-state index in [0.717, 1.165) is 52.0 Å². The molecule has 0 bridgehead atoms. The molecule has 31 heavy (non-hydrogen) atoms. The molecule has 1 aromatic carbocycles. The molecule has 0 radical (unpaired) electrons. The smallest absolute Gasteiger partial charge is 0.315 e. The second kappa shape index (κ2) is 7.93. The molecule has 1 saturated carbocycles. The summed E-state index contributed by atoms with van der Waals surface area (Å²) in [6.07, 6.45) is 4.64. The molecule has 0 amide bonds. The van der Waals surface area contributed by atoms with Gasteiger partial charge < -0.3 is 19.6 Å². The number of nitrogens with zero attached hydrogens (tertiary/aromatic N) is 1. The van der Waals surface area contributed by atoms with Crippen LogP contribution in [0.5, 0.6) is 0 Å². The van der Waals surface area contributed by atoms with Crippen LogP contribution in [0.1, 0.15) is 38.7 Å². The Hall–Kier alpha value is -1.85. The Morgan fingerprint density at radius 1 is 1.29 bits per heavy atom. The van der Waals surface area contributed by atoms with Crippen LogP contribution in [0, 0.1) is 30.1 Å². The highest BCUT2D eigenvalue weighted by molar-refractivity contribution is 5.76. The number of rotatable bonds is 3. The van der Waals surface area contributed by atoms with E-state index in [9.17, 15) is 9.90 Å². The Morgan fingerprint density at radius 2 is 2.06 bits per heavy atom. The lowest BCUT2D eigenvalue weighted by molar-refractivity contribution is -0.903. The lowest BCUT2D eigenvalue weighted by Crippen LogP contribution is -3.15. The number of ether oxygens (including phenoxy) is 1. The van der Waals surface area contributed by atoms with Crippen molar-refractivity contribution in [2.45, 2.75) is 52.2 Å². The molecule has 5 nitrogen and oxygen atoms in total. The molecule has 2 saturated heterocycles. The monoisotopic (exact) mass is 425 g/mol. The predicted octanol–water partition coefficient (Wildman–Crippen LogP) is 1.98. The fraction of sp³-hybridized carbons (Fsp3) is 0.654. The van der Waals surface area contributed by atoms with Crippen LogP contribution in [0.2, 0.25) is 0 Å².